The minimum atomic E-state index is 0.00481. The predicted octanol–water partition coefficient (Wildman–Crippen LogP) is 10.7. The SMILES string of the molecule is Cc1cnc(-c2c(C)ccc3c2oc2c4c(ccc23)C(CC(C)C)(CC(C)C)c2ccccc2-4)cc1C(C)C. The molecule has 2 aromatic heterocycles. The summed E-state index contributed by atoms with van der Waals surface area (Å²) >= 11 is 0. The average Bonchev–Trinajstić information content (AvgIpc) is 3.37. The molecule has 2 heteroatoms. The van der Waals surface area contributed by atoms with Crippen LogP contribution >= 0.6 is 0 Å². The molecule has 2 nitrogen and oxygen atoms in total. The quantitative estimate of drug-likeness (QED) is 0.225. The molecule has 0 fully saturated rings. The van der Waals surface area contributed by atoms with Crippen molar-refractivity contribution in [1.29, 1.82) is 0 Å². The molecule has 5 aromatic rings. The van der Waals surface area contributed by atoms with Crippen molar-refractivity contribution in [3.8, 4) is 22.4 Å². The molecular formula is C37H41NO. The van der Waals surface area contributed by atoms with Crippen LogP contribution < -0.4 is 0 Å². The van der Waals surface area contributed by atoms with E-state index >= 15 is 0 Å². The molecule has 1 aliphatic carbocycles. The molecule has 0 saturated carbocycles. The van der Waals surface area contributed by atoms with Crippen LogP contribution in [0.2, 0.25) is 0 Å². The van der Waals surface area contributed by atoms with E-state index < -0.39 is 0 Å². The molecule has 3 aromatic carbocycles. The number of aromatic nitrogens is 1. The van der Waals surface area contributed by atoms with E-state index in [1.807, 2.05) is 6.20 Å². The Morgan fingerprint density at radius 3 is 2.03 bits per heavy atom. The summed E-state index contributed by atoms with van der Waals surface area (Å²) in [5, 5.41) is 2.37. The van der Waals surface area contributed by atoms with Gasteiger partial charge in [0.25, 0.3) is 0 Å². The fourth-order valence-corrected chi connectivity index (χ4v) is 7.47. The van der Waals surface area contributed by atoms with E-state index in [4.69, 9.17) is 9.40 Å². The smallest absolute Gasteiger partial charge is 0.145 e. The van der Waals surface area contributed by atoms with E-state index in [-0.39, 0.29) is 5.41 Å². The van der Waals surface area contributed by atoms with E-state index in [1.165, 1.54) is 49.7 Å². The number of furan rings is 1. The number of rotatable bonds is 6. The van der Waals surface area contributed by atoms with Crippen LogP contribution in [0.1, 0.15) is 88.1 Å². The zero-order valence-corrected chi connectivity index (χ0v) is 24.8. The van der Waals surface area contributed by atoms with E-state index in [0.717, 1.165) is 35.3 Å². The lowest BCUT2D eigenvalue weighted by Gasteiger charge is -2.35. The van der Waals surface area contributed by atoms with E-state index in [9.17, 15) is 0 Å². The fourth-order valence-electron chi connectivity index (χ4n) is 7.47. The molecule has 0 atom stereocenters. The molecule has 0 saturated heterocycles. The maximum atomic E-state index is 7.01. The van der Waals surface area contributed by atoms with Gasteiger partial charge in [0.05, 0.1) is 5.69 Å². The summed E-state index contributed by atoms with van der Waals surface area (Å²) in [7, 11) is 0. The Morgan fingerprint density at radius 1 is 0.718 bits per heavy atom. The van der Waals surface area contributed by atoms with Crippen molar-refractivity contribution in [3.05, 3.63) is 88.6 Å². The molecule has 0 unspecified atom stereocenters. The van der Waals surface area contributed by atoms with Crippen molar-refractivity contribution < 1.29 is 4.42 Å². The zero-order valence-electron chi connectivity index (χ0n) is 24.8. The first kappa shape index (κ1) is 25.9. The largest absolute Gasteiger partial charge is 0.455 e. The number of nitrogens with zero attached hydrogens (tertiary/aromatic N) is 1. The summed E-state index contributed by atoms with van der Waals surface area (Å²) in [6, 6.07) is 20.6. The number of pyridine rings is 1. The Bertz CT molecular complexity index is 1710. The van der Waals surface area contributed by atoms with Gasteiger partial charge < -0.3 is 4.42 Å². The van der Waals surface area contributed by atoms with Crippen molar-refractivity contribution in [2.45, 2.75) is 79.6 Å². The van der Waals surface area contributed by atoms with Gasteiger partial charge in [-0.3, -0.25) is 4.98 Å². The molecule has 0 spiro atoms. The second-order valence-corrected chi connectivity index (χ2v) is 13.0. The lowest BCUT2D eigenvalue weighted by Crippen LogP contribution is -2.29. The number of benzene rings is 3. The molecule has 0 aliphatic heterocycles. The molecule has 1 aliphatic rings. The summed E-state index contributed by atoms with van der Waals surface area (Å²) < 4.78 is 7.01. The van der Waals surface area contributed by atoms with Crippen LogP contribution in [-0.2, 0) is 5.41 Å². The molecule has 0 amide bonds. The van der Waals surface area contributed by atoms with Crippen LogP contribution in [0.4, 0.5) is 0 Å². The molecule has 0 bridgehead atoms. The first-order valence-corrected chi connectivity index (χ1v) is 14.7. The monoisotopic (exact) mass is 515 g/mol. The third kappa shape index (κ3) is 3.94. The fraction of sp³-hybridized carbons (Fsp3) is 0.378. The predicted molar refractivity (Wildman–Crippen MR) is 166 cm³/mol. The number of fused-ring (bicyclic) bond motifs is 7. The van der Waals surface area contributed by atoms with Crippen LogP contribution in [-0.4, -0.2) is 4.98 Å². The highest BCUT2D eigenvalue weighted by Gasteiger charge is 2.45. The third-order valence-corrected chi connectivity index (χ3v) is 8.78. The summed E-state index contributed by atoms with van der Waals surface area (Å²) in [5.74, 6) is 1.62. The number of hydrogen-bond donors (Lipinski definition) is 0. The standard InChI is InChI=1S/C37H41NO/c1-21(2)18-37(19-22(3)4)30-12-10-9-11-28(30)34-31(37)16-15-27-26-14-13-24(7)33(35(26)39-36(27)34)32-17-29(23(5)6)25(8)20-38-32/h9-17,20-23H,18-19H2,1-8H3. The van der Waals surface area contributed by atoms with Gasteiger partial charge in [-0.05, 0) is 83.9 Å². The minimum Gasteiger partial charge on any atom is -0.455 e. The second-order valence-electron chi connectivity index (χ2n) is 13.0. The summed E-state index contributed by atoms with van der Waals surface area (Å²) in [5.41, 5.74) is 13.4. The third-order valence-electron chi connectivity index (χ3n) is 8.78. The Kier molecular flexibility index (Phi) is 6.21. The van der Waals surface area contributed by atoms with Crippen LogP contribution in [0.5, 0.6) is 0 Å². The molecule has 6 rings (SSSR count). The summed E-state index contributed by atoms with van der Waals surface area (Å²) in [6.45, 7) is 18.3. The zero-order chi connectivity index (χ0) is 27.6. The van der Waals surface area contributed by atoms with Gasteiger partial charge in [-0.15, -0.1) is 0 Å². The van der Waals surface area contributed by atoms with Gasteiger partial charge in [-0.1, -0.05) is 90.1 Å². The molecule has 200 valence electrons. The molecule has 2 heterocycles. The van der Waals surface area contributed by atoms with Crippen molar-refractivity contribution in [2.75, 3.05) is 0 Å². The van der Waals surface area contributed by atoms with E-state index in [1.54, 1.807) is 0 Å². The number of aryl methyl sites for hydroxylation is 2. The first-order valence-electron chi connectivity index (χ1n) is 14.7. The summed E-state index contributed by atoms with van der Waals surface area (Å²) in [4.78, 5) is 4.91. The van der Waals surface area contributed by atoms with Crippen LogP contribution in [0.25, 0.3) is 44.3 Å². The molecular weight excluding hydrogens is 474 g/mol. The van der Waals surface area contributed by atoms with Crippen molar-refractivity contribution in [2.24, 2.45) is 11.8 Å². The topological polar surface area (TPSA) is 26.0 Å². The maximum Gasteiger partial charge on any atom is 0.145 e. The Balaban J connectivity index is 1.68. The highest BCUT2D eigenvalue weighted by Crippen LogP contribution is 2.57. The van der Waals surface area contributed by atoms with Crippen LogP contribution in [0.3, 0.4) is 0 Å². The normalized spacial score (nSPS) is 14.2. The van der Waals surface area contributed by atoms with Crippen LogP contribution in [0.15, 0.2) is 65.2 Å². The lowest BCUT2D eigenvalue weighted by molar-refractivity contribution is 0.337. The average molecular weight is 516 g/mol. The highest BCUT2D eigenvalue weighted by atomic mass is 16.3. The van der Waals surface area contributed by atoms with Crippen molar-refractivity contribution >= 4 is 21.9 Å². The van der Waals surface area contributed by atoms with Crippen molar-refractivity contribution in [3.63, 3.8) is 0 Å². The van der Waals surface area contributed by atoms with Crippen molar-refractivity contribution in [1.82, 2.24) is 4.98 Å². The first-order chi connectivity index (χ1) is 18.6. The lowest BCUT2D eigenvalue weighted by atomic mass is 9.68. The summed E-state index contributed by atoms with van der Waals surface area (Å²) in [6.07, 6.45) is 4.29. The van der Waals surface area contributed by atoms with Gasteiger partial charge in [0.2, 0.25) is 0 Å². The van der Waals surface area contributed by atoms with E-state index in [0.29, 0.717) is 17.8 Å². The molecule has 39 heavy (non-hydrogen) atoms. The van der Waals surface area contributed by atoms with Gasteiger partial charge >= 0.3 is 0 Å². The van der Waals surface area contributed by atoms with Crippen LogP contribution in [0, 0.1) is 25.7 Å². The molecule has 0 N–H and O–H groups in total. The van der Waals surface area contributed by atoms with Gasteiger partial charge in [0.1, 0.15) is 11.2 Å². The van der Waals surface area contributed by atoms with Gasteiger partial charge in [0, 0.05) is 33.5 Å². The Hall–Kier alpha value is -3.39. The highest BCUT2D eigenvalue weighted by molar-refractivity contribution is 6.14. The van der Waals surface area contributed by atoms with Gasteiger partial charge in [0.15, 0.2) is 0 Å². The Morgan fingerprint density at radius 2 is 1.36 bits per heavy atom. The van der Waals surface area contributed by atoms with E-state index in [2.05, 4.69) is 110 Å². The molecule has 0 radical (unpaired) electrons. The Labute approximate surface area is 233 Å². The van der Waals surface area contributed by atoms with Gasteiger partial charge in [-0.2, -0.15) is 0 Å². The number of hydrogen-bond acceptors (Lipinski definition) is 2. The van der Waals surface area contributed by atoms with Gasteiger partial charge in [-0.25, -0.2) is 0 Å². The second kappa shape index (κ2) is 9.37. The minimum absolute atomic E-state index is 0.00481. The maximum absolute atomic E-state index is 7.01.